The minimum absolute atomic E-state index is 0.136. The molecule has 2 rings (SSSR count). The van der Waals surface area contributed by atoms with Crippen LogP contribution >= 0.6 is 54.5 Å². The molecule has 0 spiro atoms. The first-order valence-corrected chi connectivity index (χ1v) is 8.45. The lowest BCUT2D eigenvalue weighted by Crippen LogP contribution is -2.36. The number of alkyl halides is 1. The van der Waals surface area contributed by atoms with Crippen molar-refractivity contribution in [3.05, 3.63) is 31.8 Å². The Hall–Kier alpha value is 0.380. The lowest BCUT2D eigenvalue weighted by Gasteiger charge is -2.23. The van der Waals surface area contributed by atoms with E-state index >= 15 is 0 Å². The average Bonchev–Trinajstić information content (AvgIpc) is 2.79. The van der Waals surface area contributed by atoms with Crippen molar-refractivity contribution in [2.45, 2.75) is 18.9 Å². The van der Waals surface area contributed by atoms with E-state index in [2.05, 4.69) is 54.5 Å². The molecular weight excluding hydrogens is 461 g/mol. The fourth-order valence-corrected chi connectivity index (χ4v) is 3.66. The molecule has 0 bridgehead atoms. The largest absolute Gasteiger partial charge is 0.335 e. The highest BCUT2D eigenvalue weighted by Crippen LogP contribution is 2.26. The van der Waals surface area contributed by atoms with Gasteiger partial charge in [-0.2, -0.15) is 0 Å². The minimum Gasteiger partial charge on any atom is -0.335 e. The van der Waals surface area contributed by atoms with E-state index in [1.54, 1.807) is 0 Å². The van der Waals surface area contributed by atoms with E-state index in [1.807, 2.05) is 23.1 Å². The first-order valence-electron chi connectivity index (χ1n) is 5.45. The Bertz CT molecular complexity index is 439. The van der Waals surface area contributed by atoms with Crippen LogP contribution in [-0.2, 0) is 0 Å². The normalized spacial score (nSPS) is 19.7. The van der Waals surface area contributed by atoms with Crippen molar-refractivity contribution >= 4 is 60.4 Å². The molecular formula is C12H12Br2INO. The van der Waals surface area contributed by atoms with Crippen molar-refractivity contribution in [3.8, 4) is 0 Å². The third kappa shape index (κ3) is 3.04. The lowest BCUT2D eigenvalue weighted by atomic mass is 10.2. The summed E-state index contributed by atoms with van der Waals surface area (Å²) in [5.41, 5.74) is 0.768. The maximum absolute atomic E-state index is 12.5. The van der Waals surface area contributed by atoms with Gasteiger partial charge in [0, 0.05) is 26.0 Å². The summed E-state index contributed by atoms with van der Waals surface area (Å²) in [6.07, 6.45) is 2.20. The van der Waals surface area contributed by atoms with E-state index in [1.165, 1.54) is 0 Å². The molecule has 1 saturated heterocycles. The third-order valence-corrected chi connectivity index (χ3v) is 5.08. The quantitative estimate of drug-likeness (QED) is 0.469. The Labute approximate surface area is 132 Å². The summed E-state index contributed by atoms with van der Waals surface area (Å²) in [6, 6.07) is 6.21. The van der Waals surface area contributed by atoms with Crippen LogP contribution in [0.15, 0.2) is 22.7 Å². The van der Waals surface area contributed by atoms with Crippen molar-refractivity contribution < 1.29 is 4.79 Å². The van der Waals surface area contributed by atoms with Gasteiger partial charge in [0.2, 0.25) is 0 Å². The van der Waals surface area contributed by atoms with Crippen LogP contribution in [0.2, 0.25) is 0 Å². The molecule has 0 aliphatic carbocycles. The standard InChI is InChI=1S/C12H12Br2INO/c13-7-9-2-1-5-16(9)12(17)10-6-8(15)3-4-11(10)14/h3-4,6,9H,1-2,5,7H2. The molecule has 1 aromatic carbocycles. The molecule has 1 aromatic rings. The molecule has 1 atom stereocenters. The van der Waals surface area contributed by atoms with E-state index in [-0.39, 0.29) is 5.91 Å². The zero-order valence-corrected chi connectivity index (χ0v) is 14.5. The van der Waals surface area contributed by atoms with Crippen LogP contribution < -0.4 is 0 Å². The highest BCUT2D eigenvalue weighted by molar-refractivity contribution is 14.1. The van der Waals surface area contributed by atoms with Gasteiger partial charge in [0.25, 0.3) is 5.91 Å². The number of halogens is 3. The van der Waals surface area contributed by atoms with Crippen LogP contribution in [0.5, 0.6) is 0 Å². The Balaban J connectivity index is 2.27. The van der Waals surface area contributed by atoms with E-state index in [4.69, 9.17) is 0 Å². The first-order chi connectivity index (χ1) is 8.13. The zero-order valence-electron chi connectivity index (χ0n) is 9.13. The van der Waals surface area contributed by atoms with Crippen LogP contribution in [0.25, 0.3) is 0 Å². The highest BCUT2D eigenvalue weighted by Gasteiger charge is 2.29. The maximum Gasteiger partial charge on any atom is 0.255 e. The van der Waals surface area contributed by atoms with Crippen LogP contribution in [0.1, 0.15) is 23.2 Å². The summed E-state index contributed by atoms with van der Waals surface area (Å²) >= 11 is 9.17. The van der Waals surface area contributed by atoms with Gasteiger partial charge in [-0.05, 0) is 69.6 Å². The number of carbonyl (C=O) groups is 1. The zero-order chi connectivity index (χ0) is 12.4. The highest BCUT2D eigenvalue weighted by atomic mass is 127. The minimum atomic E-state index is 0.136. The lowest BCUT2D eigenvalue weighted by molar-refractivity contribution is 0.0749. The average molecular weight is 473 g/mol. The number of nitrogens with zero attached hydrogens (tertiary/aromatic N) is 1. The molecule has 0 N–H and O–H groups in total. The maximum atomic E-state index is 12.5. The molecule has 92 valence electrons. The van der Waals surface area contributed by atoms with E-state index in [0.717, 1.165) is 38.3 Å². The Kier molecular flexibility index (Phi) is 4.88. The molecule has 1 fully saturated rings. The second-order valence-electron chi connectivity index (χ2n) is 4.07. The summed E-state index contributed by atoms with van der Waals surface area (Å²) in [5.74, 6) is 0.136. The van der Waals surface area contributed by atoms with Gasteiger partial charge in [0.05, 0.1) is 5.56 Å². The van der Waals surface area contributed by atoms with Crippen molar-refractivity contribution in [2.75, 3.05) is 11.9 Å². The van der Waals surface area contributed by atoms with Crippen LogP contribution in [-0.4, -0.2) is 28.7 Å². The van der Waals surface area contributed by atoms with Crippen molar-refractivity contribution in [1.29, 1.82) is 0 Å². The van der Waals surface area contributed by atoms with Crippen LogP contribution in [0, 0.1) is 3.57 Å². The number of benzene rings is 1. The summed E-state index contributed by atoms with van der Waals surface area (Å²) in [6.45, 7) is 0.868. The SMILES string of the molecule is O=C(c1cc(I)ccc1Br)N1CCCC1CBr. The molecule has 0 radical (unpaired) electrons. The van der Waals surface area contributed by atoms with Gasteiger partial charge >= 0.3 is 0 Å². The van der Waals surface area contributed by atoms with Gasteiger partial charge in [0.1, 0.15) is 0 Å². The number of rotatable bonds is 2. The monoisotopic (exact) mass is 471 g/mol. The number of amides is 1. The van der Waals surface area contributed by atoms with Gasteiger partial charge < -0.3 is 4.90 Å². The predicted molar refractivity (Wildman–Crippen MR) is 84.7 cm³/mol. The summed E-state index contributed by atoms with van der Waals surface area (Å²) in [7, 11) is 0. The van der Waals surface area contributed by atoms with Crippen LogP contribution in [0.3, 0.4) is 0 Å². The van der Waals surface area contributed by atoms with Gasteiger partial charge in [-0.1, -0.05) is 15.9 Å². The molecule has 5 heteroatoms. The predicted octanol–water partition coefficient (Wildman–Crippen LogP) is 4.05. The van der Waals surface area contributed by atoms with Gasteiger partial charge in [-0.25, -0.2) is 0 Å². The number of hydrogen-bond acceptors (Lipinski definition) is 1. The molecule has 0 saturated carbocycles. The smallest absolute Gasteiger partial charge is 0.255 e. The number of carbonyl (C=O) groups excluding carboxylic acids is 1. The fourth-order valence-electron chi connectivity index (χ4n) is 2.08. The molecule has 0 aromatic heterocycles. The summed E-state index contributed by atoms with van der Waals surface area (Å²) in [5, 5.41) is 0.861. The molecule has 1 aliphatic rings. The summed E-state index contributed by atoms with van der Waals surface area (Å²) < 4.78 is 1.96. The topological polar surface area (TPSA) is 20.3 Å². The Morgan fingerprint density at radius 3 is 3.00 bits per heavy atom. The molecule has 2 nitrogen and oxygen atoms in total. The Morgan fingerprint density at radius 2 is 2.29 bits per heavy atom. The molecule has 1 unspecified atom stereocenters. The first kappa shape index (κ1) is 13.8. The van der Waals surface area contributed by atoms with E-state index in [9.17, 15) is 4.79 Å². The van der Waals surface area contributed by atoms with Gasteiger partial charge in [0.15, 0.2) is 0 Å². The third-order valence-electron chi connectivity index (χ3n) is 2.97. The fraction of sp³-hybridized carbons (Fsp3) is 0.417. The molecule has 17 heavy (non-hydrogen) atoms. The van der Waals surface area contributed by atoms with E-state index < -0.39 is 0 Å². The number of hydrogen-bond donors (Lipinski definition) is 0. The van der Waals surface area contributed by atoms with E-state index in [0.29, 0.717) is 6.04 Å². The second-order valence-corrected chi connectivity index (χ2v) is 6.82. The number of likely N-dealkylation sites (tertiary alicyclic amines) is 1. The summed E-state index contributed by atoms with van der Waals surface area (Å²) in [4.78, 5) is 14.4. The van der Waals surface area contributed by atoms with Gasteiger partial charge in [-0.15, -0.1) is 0 Å². The van der Waals surface area contributed by atoms with Gasteiger partial charge in [-0.3, -0.25) is 4.79 Å². The van der Waals surface area contributed by atoms with Crippen molar-refractivity contribution in [2.24, 2.45) is 0 Å². The molecule has 1 amide bonds. The molecule has 1 aliphatic heterocycles. The molecule has 1 heterocycles. The van der Waals surface area contributed by atoms with Crippen molar-refractivity contribution in [3.63, 3.8) is 0 Å². The van der Waals surface area contributed by atoms with Crippen molar-refractivity contribution in [1.82, 2.24) is 4.90 Å². The Morgan fingerprint density at radius 1 is 1.53 bits per heavy atom. The van der Waals surface area contributed by atoms with Crippen LogP contribution in [0.4, 0.5) is 0 Å². The second kappa shape index (κ2) is 6.02.